The first-order valence-corrected chi connectivity index (χ1v) is 8.43. The average Bonchev–Trinajstić information content (AvgIpc) is 2.53. The van der Waals surface area contributed by atoms with Gasteiger partial charge >= 0.3 is 0 Å². The summed E-state index contributed by atoms with van der Waals surface area (Å²) in [5.74, 6) is 0.637. The van der Waals surface area contributed by atoms with Crippen LogP contribution in [0, 0.1) is 0 Å². The number of halogens is 1. The van der Waals surface area contributed by atoms with Gasteiger partial charge in [-0.2, -0.15) is 0 Å². The summed E-state index contributed by atoms with van der Waals surface area (Å²) in [4.78, 5) is 12.3. The van der Waals surface area contributed by atoms with Gasteiger partial charge in [-0.25, -0.2) is 0 Å². The first-order valence-electron chi connectivity index (χ1n) is 8.05. The lowest BCUT2D eigenvalue weighted by molar-refractivity contribution is 0.0926. The number of amides is 1. The Balaban J connectivity index is 1.88. The Kier molecular flexibility index (Phi) is 5.89. The molecule has 128 valence electrons. The van der Waals surface area contributed by atoms with Crippen molar-refractivity contribution in [1.82, 2.24) is 5.32 Å². The normalized spacial score (nSPS) is 12.5. The van der Waals surface area contributed by atoms with Crippen molar-refractivity contribution in [2.45, 2.75) is 39.2 Å². The average molecular weight is 346 g/mol. The summed E-state index contributed by atoms with van der Waals surface area (Å²) >= 11 is 5.84. The van der Waals surface area contributed by atoms with E-state index in [2.05, 4.69) is 26.1 Å². The van der Waals surface area contributed by atoms with E-state index in [-0.39, 0.29) is 17.4 Å². The number of hydrogen-bond donors (Lipinski definition) is 1. The van der Waals surface area contributed by atoms with Crippen LogP contribution in [0.3, 0.4) is 0 Å². The van der Waals surface area contributed by atoms with Gasteiger partial charge in [0.2, 0.25) is 0 Å². The maximum absolute atomic E-state index is 12.3. The molecule has 1 N–H and O–H groups in total. The maximum Gasteiger partial charge on any atom is 0.251 e. The van der Waals surface area contributed by atoms with Crippen LogP contribution in [0.25, 0.3) is 0 Å². The van der Waals surface area contributed by atoms with E-state index in [9.17, 15) is 4.79 Å². The standard InChI is InChI=1S/C20H24ClNO2/c1-14(13-24-18-11-9-17(21)10-12-18)22-19(23)15-5-7-16(8-6-15)20(2,3)4/h5-12,14H,13H2,1-4H3,(H,22,23)/t14-/m1/s1. The fourth-order valence-electron chi connectivity index (χ4n) is 2.22. The molecule has 0 unspecified atom stereocenters. The van der Waals surface area contributed by atoms with E-state index in [1.54, 1.807) is 12.1 Å². The highest BCUT2D eigenvalue weighted by Gasteiger charge is 2.15. The van der Waals surface area contributed by atoms with Crippen molar-refractivity contribution in [3.63, 3.8) is 0 Å². The van der Waals surface area contributed by atoms with E-state index in [4.69, 9.17) is 16.3 Å². The maximum atomic E-state index is 12.3. The summed E-state index contributed by atoms with van der Waals surface area (Å²) in [7, 11) is 0. The molecule has 0 bridgehead atoms. The van der Waals surface area contributed by atoms with Gasteiger partial charge in [0.15, 0.2) is 0 Å². The Hall–Kier alpha value is -2.00. The molecule has 2 aromatic carbocycles. The Labute approximate surface area is 149 Å². The highest BCUT2D eigenvalue weighted by Crippen LogP contribution is 2.22. The largest absolute Gasteiger partial charge is 0.491 e. The monoisotopic (exact) mass is 345 g/mol. The zero-order valence-electron chi connectivity index (χ0n) is 14.6. The van der Waals surface area contributed by atoms with Crippen LogP contribution >= 0.6 is 11.6 Å². The Morgan fingerprint density at radius 2 is 1.67 bits per heavy atom. The van der Waals surface area contributed by atoms with Crippen LogP contribution < -0.4 is 10.1 Å². The molecular formula is C20H24ClNO2. The molecule has 0 radical (unpaired) electrons. The molecule has 4 heteroatoms. The SMILES string of the molecule is C[C@H](COc1ccc(Cl)cc1)NC(=O)c1ccc(C(C)(C)C)cc1. The summed E-state index contributed by atoms with van der Waals surface area (Å²) in [6.45, 7) is 8.76. The van der Waals surface area contributed by atoms with Crippen LogP contribution in [-0.2, 0) is 5.41 Å². The highest BCUT2D eigenvalue weighted by atomic mass is 35.5. The summed E-state index contributed by atoms with van der Waals surface area (Å²) in [5, 5.41) is 3.61. The van der Waals surface area contributed by atoms with E-state index in [1.165, 1.54) is 5.56 Å². The molecule has 0 heterocycles. The minimum atomic E-state index is -0.101. The third kappa shape index (κ3) is 5.27. The van der Waals surface area contributed by atoms with Crippen LogP contribution in [0.5, 0.6) is 5.75 Å². The smallest absolute Gasteiger partial charge is 0.251 e. The van der Waals surface area contributed by atoms with Crippen LogP contribution in [0.2, 0.25) is 5.02 Å². The lowest BCUT2D eigenvalue weighted by Crippen LogP contribution is -2.36. The first kappa shape index (κ1) is 18.3. The second-order valence-corrected chi connectivity index (χ2v) is 7.40. The third-order valence-corrected chi connectivity index (χ3v) is 3.96. The molecule has 0 saturated heterocycles. The summed E-state index contributed by atoms with van der Waals surface area (Å²) < 4.78 is 5.65. The molecular weight excluding hydrogens is 322 g/mol. The van der Waals surface area contributed by atoms with Crippen molar-refractivity contribution in [2.24, 2.45) is 0 Å². The lowest BCUT2D eigenvalue weighted by Gasteiger charge is -2.19. The molecule has 2 aromatic rings. The summed E-state index contributed by atoms with van der Waals surface area (Å²) in [5.41, 5.74) is 1.94. The van der Waals surface area contributed by atoms with Crippen molar-refractivity contribution < 1.29 is 9.53 Å². The lowest BCUT2D eigenvalue weighted by atomic mass is 9.86. The summed E-state index contributed by atoms with van der Waals surface area (Å²) in [6.07, 6.45) is 0. The molecule has 0 aromatic heterocycles. The van der Waals surface area contributed by atoms with E-state index in [0.29, 0.717) is 17.2 Å². The van der Waals surface area contributed by atoms with Crippen molar-refractivity contribution in [3.05, 3.63) is 64.7 Å². The van der Waals surface area contributed by atoms with Crippen LogP contribution in [0.15, 0.2) is 48.5 Å². The molecule has 0 fully saturated rings. The molecule has 0 saturated carbocycles. The Morgan fingerprint density at radius 3 is 2.21 bits per heavy atom. The molecule has 1 amide bonds. The number of hydrogen-bond acceptors (Lipinski definition) is 2. The van der Waals surface area contributed by atoms with Gasteiger partial charge in [-0.1, -0.05) is 44.5 Å². The number of nitrogens with one attached hydrogen (secondary N) is 1. The van der Waals surface area contributed by atoms with Gasteiger partial charge in [0.25, 0.3) is 5.91 Å². The molecule has 24 heavy (non-hydrogen) atoms. The predicted molar refractivity (Wildman–Crippen MR) is 99.0 cm³/mol. The van der Waals surface area contributed by atoms with E-state index < -0.39 is 0 Å². The Bertz CT molecular complexity index is 672. The number of benzene rings is 2. The van der Waals surface area contributed by atoms with Gasteiger partial charge in [0.1, 0.15) is 12.4 Å². The summed E-state index contributed by atoms with van der Waals surface area (Å²) in [6, 6.07) is 14.8. The van der Waals surface area contributed by atoms with Crippen molar-refractivity contribution in [2.75, 3.05) is 6.61 Å². The molecule has 0 aliphatic rings. The van der Waals surface area contributed by atoms with E-state index in [1.807, 2.05) is 43.3 Å². The van der Waals surface area contributed by atoms with Crippen molar-refractivity contribution >= 4 is 17.5 Å². The van der Waals surface area contributed by atoms with Gasteiger partial charge in [0, 0.05) is 10.6 Å². The first-order chi connectivity index (χ1) is 11.3. The zero-order chi connectivity index (χ0) is 17.7. The van der Waals surface area contributed by atoms with E-state index >= 15 is 0 Å². The molecule has 0 spiro atoms. The minimum absolute atomic E-state index is 0.0781. The second kappa shape index (κ2) is 7.71. The fourth-order valence-corrected chi connectivity index (χ4v) is 2.35. The fraction of sp³-hybridized carbons (Fsp3) is 0.350. The van der Waals surface area contributed by atoms with Crippen LogP contribution in [-0.4, -0.2) is 18.6 Å². The molecule has 2 rings (SSSR count). The van der Waals surface area contributed by atoms with Gasteiger partial charge in [-0.15, -0.1) is 0 Å². The molecule has 0 aliphatic carbocycles. The van der Waals surface area contributed by atoms with Crippen LogP contribution in [0.1, 0.15) is 43.6 Å². The van der Waals surface area contributed by atoms with E-state index in [0.717, 1.165) is 5.75 Å². The Morgan fingerprint density at radius 1 is 1.08 bits per heavy atom. The number of carbonyl (C=O) groups excluding carboxylic acids is 1. The second-order valence-electron chi connectivity index (χ2n) is 6.97. The molecule has 0 aliphatic heterocycles. The van der Waals surface area contributed by atoms with Gasteiger partial charge < -0.3 is 10.1 Å². The minimum Gasteiger partial charge on any atom is -0.491 e. The zero-order valence-corrected chi connectivity index (χ0v) is 15.4. The topological polar surface area (TPSA) is 38.3 Å². The van der Waals surface area contributed by atoms with Gasteiger partial charge in [-0.3, -0.25) is 4.79 Å². The highest BCUT2D eigenvalue weighted by molar-refractivity contribution is 6.30. The predicted octanol–water partition coefficient (Wildman–Crippen LogP) is 4.83. The van der Waals surface area contributed by atoms with Crippen molar-refractivity contribution in [1.29, 1.82) is 0 Å². The van der Waals surface area contributed by atoms with Crippen LogP contribution in [0.4, 0.5) is 0 Å². The number of carbonyl (C=O) groups is 1. The molecule has 3 nitrogen and oxygen atoms in total. The van der Waals surface area contributed by atoms with Gasteiger partial charge in [0.05, 0.1) is 6.04 Å². The third-order valence-electron chi connectivity index (χ3n) is 3.70. The molecule has 1 atom stereocenters. The van der Waals surface area contributed by atoms with Gasteiger partial charge in [-0.05, 0) is 54.3 Å². The van der Waals surface area contributed by atoms with Crippen molar-refractivity contribution in [3.8, 4) is 5.75 Å². The quantitative estimate of drug-likeness (QED) is 0.842. The number of rotatable bonds is 5. The number of ether oxygens (including phenoxy) is 1.